The number of primary amides is 1. The number of benzene rings is 2. The first-order valence-electron chi connectivity index (χ1n) is 19.4. The second-order valence-electron chi connectivity index (χ2n) is 15.4. The predicted molar refractivity (Wildman–Crippen MR) is 210 cm³/mol. The van der Waals surface area contributed by atoms with E-state index in [1.165, 1.54) is 12.1 Å². The van der Waals surface area contributed by atoms with Gasteiger partial charge >= 0.3 is 18.3 Å². The molecule has 0 bridgehead atoms. The molecule has 2 amide bonds. The Bertz CT molecular complexity index is 2040. The summed E-state index contributed by atoms with van der Waals surface area (Å²) in [5.74, 6) is 2.81. The Kier molecular flexibility index (Phi) is 13.9. The van der Waals surface area contributed by atoms with Crippen molar-refractivity contribution < 1.29 is 54.9 Å². The maximum atomic E-state index is 13.9. The molecule has 18 heteroatoms. The number of carbonyl (C=O) groups excluding carboxylic acids is 3. The molecule has 0 radical (unpaired) electrons. The SMILES string of the molecule is COC(=O)C(CCC(N)=O)NC(=O)c1ccc(NCC#Cc2sc3c(NC4CCC(N5CC6(CCOCC6)C5)CC4)cccc3c2CC(F)(F)F)c(OCC(F)(F)F)c1. The van der Waals surface area contributed by atoms with Crippen molar-refractivity contribution in [1.82, 2.24) is 10.2 Å². The number of methoxy groups -OCH3 is 1. The van der Waals surface area contributed by atoms with Crippen LogP contribution in [0, 0.1) is 17.3 Å². The maximum Gasteiger partial charge on any atom is 0.422 e. The average molecular weight is 852 g/mol. The van der Waals surface area contributed by atoms with Crippen LogP contribution in [0.1, 0.15) is 72.2 Å². The summed E-state index contributed by atoms with van der Waals surface area (Å²) in [4.78, 5) is 39.2. The van der Waals surface area contributed by atoms with Crippen molar-refractivity contribution in [3.63, 3.8) is 0 Å². The lowest BCUT2D eigenvalue weighted by atomic mass is 9.71. The molecule has 1 aliphatic carbocycles. The summed E-state index contributed by atoms with van der Waals surface area (Å²) >= 11 is 1.15. The second-order valence-corrected chi connectivity index (χ2v) is 16.4. The summed E-state index contributed by atoms with van der Waals surface area (Å²) in [6.45, 7) is 2.01. The van der Waals surface area contributed by atoms with Crippen LogP contribution in [-0.4, -0.2) is 99.7 Å². The van der Waals surface area contributed by atoms with Crippen LogP contribution >= 0.6 is 11.3 Å². The van der Waals surface area contributed by atoms with Crippen LogP contribution in [0.3, 0.4) is 0 Å². The van der Waals surface area contributed by atoms with E-state index in [0.29, 0.717) is 21.5 Å². The minimum absolute atomic E-state index is 0.0172. The first kappa shape index (κ1) is 43.8. The van der Waals surface area contributed by atoms with E-state index >= 15 is 0 Å². The molecule has 5 N–H and O–H groups in total. The van der Waals surface area contributed by atoms with Gasteiger partial charge in [-0.15, -0.1) is 11.3 Å². The molecule has 1 unspecified atom stereocenters. The highest BCUT2D eigenvalue weighted by molar-refractivity contribution is 7.20. The van der Waals surface area contributed by atoms with Gasteiger partial charge in [0.1, 0.15) is 11.8 Å². The number of anilines is 2. The molecule has 3 heterocycles. The smallest absolute Gasteiger partial charge is 0.422 e. The summed E-state index contributed by atoms with van der Waals surface area (Å²) in [6, 6.07) is 8.25. The molecule has 3 fully saturated rings. The van der Waals surface area contributed by atoms with Crippen molar-refractivity contribution in [1.29, 1.82) is 0 Å². The third kappa shape index (κ3) is 11.7. The number of rotatable bonds is 14. The number of amides is 2. The molecule has 2 saturated heterocycles. The monoisotopic (exact) mass is 851 g/mol. The Morgan fingerprint density at radius 1 is 1.02 bits per heavy atom. The minimum Gasteiger partial charge on any atom is -0.482 e. The molecule has 3 aliphatic rings. The lowest BCUT2D eigenvalue weighted by Crippen LogP contribution is -2.62. The maximum absolute atomic E-state index is 13.9. The van der Waals surface area contributed by atoms with Gasteiger partial charge in [-0.2, -0.15) is 26.3 Å². The van der Waals surface area contributed by atoms with Gasteiger partial charge in [0, 0.05) is 55.8 Å². The standard InChI is InChI=1S/C41H47F6N5O6S/c1-56-38(55)32(13-14-35(48)53)51-37(54)25-7-12-30(33(20-25)58-24-41(45,46)47)49-17-3-6-34-29(21-40(42,43)44)28-4-2-5-31(36(28)59-34)50-26-8-10-27(11-9-26)52-22-39(23-52)15-18-57-19-16-39/h2,4-5,7,12,20,26-27,32,49-50H,8-11,13-19,21-24H2,1H3,(H2,48,53)(H,51,54). The quantitative estimate of drug-likeness (QED) is 0.0784. The number of hydrogen-bond donors (Lipinski definition) is 4. The number of hydrogen-bond acceptors (Lipinski definition) is 10. The van der Waals surface area contributed by atoms with E-state index in [1.807, 2.05) is 6.07 Å². The molecule has 2 aliphatic heterocycles. The van der Waals surface area contributed by atoms with E-state index in [9.17, 15) is 40.7 Å². The van der Waals surface area contributed by atoms with E-state index < -0.39 is 49.2 Å². The van der Waals surface area contributed by atoms with Crippen LogP contribution < -0.4 is 26.4 Å². The first-order chi connectivity index (χ1) is 28.0. The Hall–Kier alpha value is -4.73. The third-order valence-electron chi connectivity index (χ3n) is 11.1. The molecule has 59 heavy (non-hydrogen) atoms. The molecule has 11 nitrogen and oxygen atoms in total. The summed E-state index contributed by atoms with van der Waals surface area (Å²) in [5.41, 5.74) is 6.19. The molecular weight excluding hydrogens is 805 g/mol. The number of carbonyl (C=O) groups is 3. The van der Waals surface area contributed by atoms with Crippen LogP contribution in [-0.2, 0) is 25.5 Å². The van der Waals surface area contributed by atoms with Crippen molar-refractivity contribution >= 4 is 50.6 Å². The van der Waals surface area contributed by atoms with Crippen LogP contribution in [0.5, 0.6) is 5.75 Å². The fourth-order valence-corrected chi connectivity index (χ4v) is 9.20. The summed E-state index contributed by atoms with van der Waals surface area (Å²) in [6.07, 6.45) is -4.66. The second kappa shape index (κ2) is 18.7. The highest BCUT2D eigenvalue weighted by Gasteiger charge is 2.46. The number of thiophene rings is 1. The molecule has 1 atom stereocenters. The molecule has 320 valence electrons. The number of alkyl halides is 6. The summed E-state index contributed by atoms with van der Waals surface area (Å²) in [7, 11) is 1.08. The zero-order chi connectivity index (χ0) is 42.4. The van der Waals surface area contributed by atoms with E-state index in [-0.39, 0.29) is 52.9 Å². The molecule has 1 spiro atoms. The van der Waals surface area contributed by atoms with E-state index in [1.54, 1.807) is 12.1 Å². The fraction of sp³-hybridized carbons (Fsp3) is 0.537. The topological polar surface area (TPSA) is 144 Å². The van der Waals surface area contributed by atoms with Gasteiger partial charge in [0.25, 0.3) is 5.91 Å². The van der Waals surface area contributed by atoms with Crippen molar-refractivity contribution in [2.45, 2.75) is 88.3 Å². The van der Waals surface area contributed by atoms with Gasteiger partial charge in [-0.25, -0.2) is 4.79 Å². The number of esters is 1. The van der Waals surface area contributed by atoms with Gasteiger partial charge in [0.05, 0.1) is 41.0 Å². The van der Waals surface area contributed by atoms with Gasteiger partial charge in [-0.3, -0.25) is 14.5 Å². The Labute approximate surface area is 341 Å². The lowest BCUT2D eigenvalue weighted by molar-refractivity contribution is -0.153. The van der Waals surface area contributed by atoms with Crippen molar-refractivity contribution in [2.24, 2.45) is 11.1 Å². The zero-order valence-electron chi connectivity index (χ0n) is 32.5. The minimum atomic E-state index is -4.73. The average Bonchev–Trinajstić information content (AvgIpc) is 3.52. The molecule has 2 aromatic carbocycles. The predicted octanol–water partition coefficient (Wildman–Crippen LogP) is 6.78. The first-order valence-corrected chi connectivity index (χ1v) is 20.3. The Morgan fingerprint density at radius 3 is 2.41 bits per heavy atom. The number of nitrogens with zero attached hydrogens (tertiary/aromatic N) is 1. The van der Waals surface area contributed by atoms with Gasteiger partial charge < -0.3 is 35.9 Å². The van der Waals surface area contributed by atoms with Crippen molar-refractivity contribution in [3.8, 4) is 17.6 Å². The number of ether oxygens (including phenoxy) is 3. The summed E-state index contributed by atoms with van der Waals surface area (Å²) < 4.78 is 97.1. The summed E-state index contributed by atoms with van der Waals surface area (Å²) in [5, 5.41) is 9.26. The largest absolute Gasteiger partial charge is 0.482 e. The molecule has 3 aromatic rings. The van der Waals surface area contributed by atoms with Crippen molar-refractivity contribution in [3.05, 3.63) is 52.4 Å². The lowest BCUT2D eigenvalue weighted by Gasteiger charge is -2.56. The van der Waals surface area contributed by atoms with Gasteiger partial charge in [-0.05, 0) is 80.2 Å². The Balaban J connectivity index is 1.14. The van der Waals surface area contributed by atoms with Crippen LogP contribution in [0.25, 0.3) is 10.1 Å². The number of likely N-dealkylation sites (tertiary alicyclic amines) is 1. The van der Waals surface area contributed by atoms with E-state index in [2.05, 4.69) is 37.4 Å². The van der Waals surface area contributed by atoms with E-state index in [0.717, 1.165) is 95.0 Å². The Morgan fingerprint density at radius 2 is 1.75 bits per heavy atom. The highest BCUT2D eigenvalue weighted by atomic mass is 32.1. The molecule has 6 rings (SSSR count). The van der Waals surface area contributed by atoms with Gasteiger partial charge in [0.15, 0.2) is 6.61 Å². The van der Waals surface area contributed by atoms with Crippen LogP contribution in [0.15, 0.2) is 36.4 Å². The highest BCUT2D eigenvalue weighted by Crippen LogP contribution is 2.44. The number of nitrogens with one attached hydrogen (secondary N) is 3. The van der Waals surface area contributed by atoms with Crippen LogP contribution in [0.2, 0.25) is 0 Å². The number of fused-ring (bicyclic) bond motifs is 1. The van der Waals surface area contributed by atoms with Crippen LogP contribution in [0.4, 0.5) is 37.7 Å². The number of nitrogens with two attached hydrogens (primary N) is 1. The molecule has 1 aromatic heterocycles. The molecular formula is C41H47F6N5O6S. The normalized spacial score (nSPS) is 19.8. The van der Waals surface area contributed by atoms with Crippen molar-refractivity contribution in [2.75, 3.05) is 57.2 Å². The third-order valence-corrected chi connectivity index (χ3v) is 12.3. The number of halogens is 6. The van der Waals surface area contributed by atoms with Gasteiger partial charge in [-0.1, -0.05) is 24.0 Å². The van der Waals surface area contributed by atoms with Gasteiger partial charge in [0.2, 0.25) is 5.91 Å². The molecule has 1 saturated carbocycles. The van der Waals surface area contributed by atoms with E-state index in [4.69, 9.17) is 15.2 Å². The fourth-order valence-electron chi connectivity index (χ4n) is 8.03. The zero-order valence-corrected chi connectivity index (χ0v) is 33.3.